The number of para-hydroxylation sites is 2. The lowest BCUT2D eigenvalue weighted by Crippen LogP contribution is -2.57. The summed E-state index contributed by atoms with van der Waals surface area (Å²) < 4.78 is 7.72. The van der Waals surface area contributed by atoms with E-state index in [0.29, 0.717) is 13.3 Å². The maximum Gasteiger partial charge on any atom is 0.216 e. The molecule has 6 rings (SSSR count). The van der Waals surface area contributed by atoms with Gasteiger partial charge in [-0.1, -0.05) is 30.3 Å². The van der Waals surface area contributed by atoms with Gasteiger partial charge in [-0.15, -0.1) is 0 Å². The van der Waals surface area contributed by atoms with Gasteiger partial charge in [0.15, 0.2) is 0 Å². The summed E-state index contributed by atoms with van der Waals surface area (Å²) in [7, 11) is 1.69. The third-order valence-electron chi connectivity index (χ3n) is 5.88. The molecule has 0 radical (unpaired) electrons. The normalized spacial score (nSPS) is 18.0. The molecule has 0 bridgehead atoms. The second-order valence-corrected chi connectivity index (χ2v) is 7.94. The third kappa shape index (κ3) is 3.16. The summed E-state index contributed by atoms with van der Waals surface area (Å²) in [6.45, 7) is 2.00. The first kappa shape index (κ1) is 18.8. The Morgan fingerprint density at radius 1 is 1.06 bits per heavy atom. The summed E-state index contributed by atoms with van der Waals surface area (Å²) in [5.41, 5.74) is 4.15. The van der Waals surface area contributed by atoms with Crippen molar-refractivity contribution in [2.24, 2.45) is 4.99 Å². The lowest BCUT2D eigenvalue weighted by Gasteiger charge is -2.41. The molecule has 0 amide bonds. The number of hydrogen-bond acceptors (Lipinski definition) is 7. The van der Waals surface area contributed by atoms with Gasteiger partial charge in [-0.2, -0.15) is 0 Å². The molecule has 0 spiro atoms. The van der Waals surface area contributed by atoms with E-state index in [2.05, 4.69) is 48.9 Å². The van der Waals surface area contributed by atoms with Gasteiger partial charge in [0.2, 0.25) is 11.9 Å². The molecule has 8 heteroatoms. The van der Waals surface area contributed by atoms with Gasteiger partial charge < -0.3 is 10.1 Å². The molecule has 0 saturated heterocycles. The van der Waals surface area contributed by atoms with Crippen molar-refractivity contribution in [1.29, 1.82) is 0 Å². The highest BCUT2D eigenvalue weighted by molar-refractivity contribution is 5.98. The Labute approximate surface area is 185 Å². The van der Waals surface area contributed by atoms with E-state index in [1.54, 1.807) is 7.11 Å². The summed E-state index contributed by atoms with van der Waals surface area (Å²) in [4.78, 5) is 18.7. The molecule has 2 aromatic carbocycles. The van der Waals surface area contributed by atoms with Gasteiger partial charge in [0.1, 0.15) is 11.9 Å². The van der Waals surface area contributed by atoms with Crippen LogP contribution in [0, 0.1) is 0 Å². The Bertz CT molecular complexity index is 1300. The van der Waals surface area contributed by atoms with Crippen molar-refractivity contribution in [3.63, 3.8) is 0 Å². The van der Waals surface area contributed by atoms with Crippen LogP contribution >= 0.6 is 0 Å². The number of aromatic nitrogens is 3. The fourth-order valence-corrected chi connectivity index (χ4v) is 4.37. The standard InChI is InChI=1S/C24H23N7O/c1-32-19-9-6-7-17(13-19)22-28-23-26-15-29(14-18-8-4-5-12-25-18)16-30(23)24-27-20-10-2-3-11-21(20)31(22)24/h2-13,22H,14-16H2,1H3,(H,26,28)/t22-/m1/s1. The molecular weight excluding hydrogens is 402 g/mol. The highest BCUT2D eigenvalue weighted by Crippen LogP contribution is 2.34. The van der Waals surface area contributed by atoms with Crippen molar-refractivity contribution in [2.75, 3.05) is 25.3 Å². The first-order chi connectivity index (χ1) is 15.8. The minimum Gasteiger partial charge on any atom is -0.497 e. The van der Waals surface area contributed by atoms with E-state index < -0.39 is 0 Å². The number of hydrogen-bond donors (Lipinski definition) is 1. The van der Waals surface area contributed by atoms with Crippen LogP contribution in [0.2, 0.25) is 0 Å². The monoisotopic (exact) mass is 425 g/mol. The van der Waals surface area contributed by atoms with Crippen molar-refractivity contribution in [3.05, 3.63) is 84.2 Å². The largest absolute Gasteiger partial charge is 0.497 e. The first-order valence-electron chi connectivity index (χ1n) is 10.6. The number of pyridine rings is 1. The van der Waals surface area contributed by atoms with Crippen molar-refractivity contribution in [2.45, 2.75) is 12.7 Å². The maximum absolute atomic E-state index is 5.47. The Kier molecular flexibility index (Phi) is 4.50. The zero-order chi connectivity index (χ0) is 21.5. The molecule has 160 valence electrons. The number of methoxy groups -OCH3 is 1. The van der Waals surface area contributed by atoms with Crippen LogP contribution in [0.1, 0.15) is 17.4 Å². The molecule has 4 aromatic rings. The fraction of sp³-hybridized carbons (Fsp3) is 0.208. The van der Waals surface area contributed by atoms with Gasteiger partial charge in [0, 0.05) is 12.7 Å². The molecule has 0 unspecified atom stereocenters. The van der Waals surface area contributed by atoms with Gasteiger partial charge >= 0.3 is 0 Å². The zero-order valence-electron chi connectivity index (χ0n) is 17.7. The van der Waals surface area contributed by atoms with Crippen LogP contribution in [0.15, 0.2) is 77.9 Å². The van der Waals surface area contributed by atoms with Crippen LogP contribution in [0.5, 0.6) is 5.75 Å². The quantitative estimate of drug-likeness (QED) is 0.542. The SMILES string of the molecule is COc1cccc([C@@H]2NC3=NCN(Cc4ccccn4)CN3c3nc4ccccc4n32)c1. The van der Waals surface area contributed by atoms with E-state index in [0.717, 1.165) is 46.5 Å². The molecule has 2 aromatic heterocycles. The van der Waals surface area contributed by atoms with Crippen molar-refractivity contribution >= 4 is 22.9 Å². The first-order valence-corrected chi connectivity index (χ1v) is 10.6. The smallest absolute Gasteiger partial charge is 0.216 e. The van der Waals surface area contributed by atoms with E-state index in [-0.39, 0.29) is 6.17 Å². The molecule has 1 atom stereocenters. The lowest BCUT2D eigenvalue weighted by atomic mass is 10.1. The van der Waals surface area contributed by atoms with Gasteiger partial charge in [-0.3, -0.25) is 19.4 Å². The van der Waals surface area contributed by atoms with Crippen molar-refractivity contribution in [1.82, 2.24) is 24.8 Å². The number of benzene rings is 2. The number of aliphatic imine (C=N–C) groups is 1. The summed E-state index contributed by atoms with van der Waals surface area (Å²) in [5, 5.41) is 3.64. The summed E-state index contributed by atoms with van der Waals surface area (Å²) in [5.74, 6) is 2.53. The molecule has 0 aliphatic carbocycles. The number of ether oxygens (including phenoxy) is 1. The maximum atomic E-state index is 5.47. The van der Waals surface area contributed by atoms with E-state index in [1.165, 1.54) is 0 Å². The Hall–Kier alpha value is -3.91. The molecular formula is C24H23N7O. The topological polar surface area (TPSA) is 70.8 Å². The van der Waals surface area contributed by atoms with Gasteiger partial charge in [0.05, 0.1) is 37.2 Å². The number of nitrogens with zero attached hydrogens (tertiary/aromatic N) is 6. The number of imidazole rings is 1. The highest BCUT2D eigenvalue weighted by Gasteiger charge is 2.35. The predicted octanol–water partition coefficient (Wildman–Crippen LogP) is 3.18. The molecule has 0 saturated carbocycles. The van der Waals surface area contributed by atoms with Gasteiger partial charge in [-0.25, -0.2) is 9.98 Å². The van der Waals surface area contributed by atoms with E-state index in [4.69, 9.17) is 14.7 Å². The van der Waals surface area contributed by atoms with Crippen LogP contribution < -0.4 is 15.0 Å². The van der Waals surface area contributed by atoms with Crippen LogP contribution in [0.4, 0.5) is 5.95 Å². The minimum absolute atomic E-state index is 0.134. The average Bonchev–Trinajstić information content (AvgIpc) is 3.24. The molecule has 8 nitrogen and oxygen atoms in total. The second-order valence-electron chi connectivity index (χ2n) is 7.94. The Morgan fingerprint density at radius 3 is 2.84 bits per heavy atom. The van der Waals surface area contributed by atoms with E-state index in [1.807, 2.05) is 48.7 Å². The molecule has 1 N–H and O–H groups in total. The highest BCUT2D eigenvalue weighted by atomic mass is 16.5. The number of nitrogens with one attached hydrogen (secondary N) is 1. The van der Waals surface area contributed by atoms with E-state index >= 15 is 0 Å². The Balaban J connectivity index is 1.42. The number of anilines is 1. The summed E-state index contributed by atoms with van der Waals surface area (Å²) in [6.07, 6.45) is 1.69. The Morgan fingerprint density at radius 2 is 1.97 bits per heavy atom. The molecule has 0 fully saturated rings. The second kappa shape index (κ2) is 7.65. The molecule has 4 heterocycles. The van der Waals surface area contributed by atoms with Crippen LogP contribution in [0.3, 0.4) is 0 Å². The predicted molar refractivity (Wildman–Crippen MR) is 123 cm³/mol. The number of guanidine groups is 1. The van der Waals surface area contributed by atoms with Gasteiger partial charge in [0.25, 0.3) is 0 Å². The van der Waals surface area contributed by atoms with Crippen molar-refractivity contribution in [3.8, 4) is 5.75 Å². The average molecular weight is 425 g/mol. The van der Waals surface area contributed by atoms with Crippen LogP contribution in [-0.2, 0) is 6.54 Å². The minimum atomic E-state index is -0.134. The third-order valence-corrected chi connectivity index (χ3v) is 5.88. The zero-order valence-corrected chi connectivity index (χ0v) is 17.7. The van der Waals surface area contributed by atoms with Crippen LogP contribution in [-0.4, -0.2) is 45.8 Å². The lowest BCUT2D eigenvalue weighted by molar-refractivity contribution is 0.261. The van der Waals surface area contributed by atoms with Gasteiger partial charge in [-0.05, 0) is 42.0 Å². The summed E-state index contributed by atoms with van der Waals surface area (Å²) in [6, 6.07) is 22.4. The molecule has 32 heavy (non-hydrogen) atoms. The fourth-order valence-electron chi connectivity index (χ4n) is 4.37. The van der Waals surface area contributed by atoms with Crippen molar-refractivity contribution < 1.29 is 4.74 Å². The molecule has 2 aliphatic rings. The number of rotatable bonds is 4. The molecule has 2 aliphatic heterocycles. The summed E-state index contributed by atoms with van der Waals surface area (Å²) >= 11 is 0. The number of fused-ring (bicyclic) bond motifs is 5. The van der Waals surface area contributed by atoms with E-state index in [9.17, 15) is 0 Å². The van der Waals surface area contributed by atoms with Crippen LogP contribution in [0.25, 0.3) is 11.0 Å².